The van der Waals surface area contributed by atoms with Gasteiger partial charge in [-0.25, -0.2) is 14.2 Å². The van der Waals surface area contributed by atoms with Crippen LogP contribution in [0.15, 0.2) is 12.3 Å². The van der Waals surface area contributed by atoms with Crippen molar-refractivity contribution < 1.29 is 13.9 Å². The van der Waals surface area contributed by atoms with Gasteiger partial charge in [-0.15, -0.1) is 0 Å². The molecular weight excluding hydrogens is 245 g/mol. The molecule has 0 fully saturated rings. The van der Waals surface area contributed by atoms with Crippen molar-refractivity contribution >= 4 is 17.6 Å². The molecule has 94 valence electrons. The van der Waals surface area contributed by atoms with Gasteiger partial charge >= 0.3 is 5.97 Å². The lowest BCUT2D eigenvalue weighted by Gasteiger charge is -2.15. The van der Waals surface area contributed by atoms with E-state index in [0.29, 0.717) is 5.92 Å². The third kappa shape index (κ3) is 4.30. The zero-order valence-corrected chi connectivity index (χ0v) is 10.8. The van der Waals surface area contributed by atoms with Crippen LogP contribution in [0.2, 0.25) is 5.15 Å². The second kappa shape index (κ2) is 5.96. The van der Waals surface area contributed by atoms with Gasteiger partial charge in [0.15, 0.2) is 0 Å². The standard InChI is InChI=1S/C12H15ClFNO2/c1-7(2)4-8(3)17-12(16)10-5-9(14)6-15-11(10)13/h5-8H,4H2,1-3H3. The summed E-state index contributed by atoms with van der Waals surface area (Å²) in [5, 5.41) is -0.0480. The van der Waals surface area contributed by atoms with Gasteiger partial charge in [-0.1, -0.05) is 25.4 Å². The van der Waals surface area contributed by atoms with Crippen LogP contribution in [-0.2, 0) is 4.74 Å². The maximum Gasteiger partial charge on any atom is 0.341 e. The highest BCUT2D eigenvalue weighted by molar-refractivity contribution is 6.32. The fourth-order valence-corrected chi connectivity index (χ4v) is 1.70. The molecule has 1 unspecified atom stereocenters. The van der Waals surface area contributed by atoms with Gasteiger partial charge in [-0.2, -0.15) is 0 Å². The Morgan fingerprint density at radius 3 is 2.76 bits per heavy atom. The first kappa shape index (κ1) is 13.9. The Balaban J connectivity index is 2.73. The van der Waals surface area contributed by atoms with Crippen LogP contribution < -0.4 is 0 Å². The molecule has 1 heterocycles. The van der Waals surface area contributed by atoms with Crippen LogP contribution in [0.5, 0.6) is 0 Å². The van der Waals surface area contributed by atoms with Gasteiger partial charge in [0.2, 0.25) is 0 Å². The van der Waals surface area contributed by atoms with E-state index in [4.69, 9.17) is 16.3 Å². The van der Waals surface area contributed by atoms with Crippen molar-refractivity contribution in [3.05, 3.63) is 28.8 Å². The van der Waals surface area contributed by atoms with Crippen molar-refractivity contribution in [2.45, 2.75) is 33.3 Å². The van der Waals surface area contributed by atoms with Crippen LogP contribution in [0.3, 0.4) is 0 Å². The Bertz CT molecular complexity index is 409. The molecule has 0 saturated carbocycles. The van der Waals surface area contributed by atoms with Crippen molar-refractivity contribution in [3.63, 3.8) is 0 Å². The number of halogens is 2. The van der Waals surface area contributed by atoms with Crippen LogP contribution >= 0.6 is 11.6 Å². The Morgan fingerprint density at radius 1 is 1.53 bits per heavy atom. The van der Waals surface area contributed by atoms with Gasteiger partial charge in [-0.3, -0.25) is 0 Å². The number of pyridine rings is 1. The number of hydrogen-bond donors (Lipinski definition) is 0. The van der Waals surface area contributed by atoms with E-state index >= 15 is 0 Å². The smallest absolute Gasteiger partial charge is 0.341 e. The second-order valence-corrected chi connectivity index (χ2v) is 4.70. The molecule has 0 aromatic carbocycles. The van der Waals surface area contributed by atoms with Gasteiger partial charge in [-0.05, 0) is 25.3 Å². The summed E-state index contributed by atoms with van der Waals surface area (Å²) in [4.78, 5) is 15.3. The minimum atomic E-state index is -0.643. The van der Waals surface area contributed by atoms with E-state index in [1.807, 2.05) is 13.8 Å². The molecule has 5 heteroatoms. The van der Waals surface area contributed by atoms with Crippen LogP contribution in [0.4, 0.5) is 4.39 Å². The van der Waals surface area contributed by atoms with Gasteiger partial charge in [0.1, 0.15) is 11.0 Å². The molecule has 1 aromatic rings. The number of carbonyl (C=O) groups is 1. The van der Waals surface area contributed by atoms with Gasteiger partial charge in [0.05, 0.1) is 17.9 Å². The minimum Gasteiger partial charge on any atom is -0.459 e. The SMILES string of the molecule is CC(C)CC(C)OC(=O)c1cc(F)cnc1Cl. The number of carbonyl (C=O) groups excluding carboxylic acids is 1. The van der Waals surface area contributed by atoms with E-state index in [9.17, 15) is 9.18 Å². The van der Waals surface area contributed by atoms with E-state index in [-0.39, 0.29) is 16.8 Å². The van der Waals surface area contributed by atoms with Gasteiger partial charge < -0.3 is 4.74 Å². The van der Waals surface area contributed by atoms with Crippen LogP contribution in [0, 0.1) is 11.7 Å². The predicted octanol–water partition coefficient (Wildman–Crippen LogP) is 3.47. The number of nitrogens with zero attached hydrogens (tertiary/aromatic N) is 1. The highest BCUT2D eigenvalue weighted by Crippen LogP contribution is 2.17. The van der Waals surface area contributed by atoms with E-state index < -0.39 is 11.8 Å². The molecule has 0 aliphatic carbocycles. The summed E-state index contributed by atoms with van der Waals surface area (Å²) in [5.74, 6) is -0.841. The summed E-state index contributed by atoms with van der Waals surface area (Å²) in [5.41, 5.74) is -0.0396. The number of rotatable bonds is 4. The largest absolute Gasteiger partial charge is 0.459 e. The van der Waals surface area contributed by atoms with Crippen molar-refractivity contribution in [1.82, 2.24) is 4.98 Å². The summed E-state index contributed by atoms with van der Waals surface area (Å²) in [6, 6.07) is 1.03. The number of ether oxygens (including phenoxy) is 1. The van der Waals surface area contributed by atoms with E-state index in [2.05, 4.69) is 4.98 Å². The summed E-state index contributed by atoms with van der Waals surface area (Å²) < 4.78 is 18.1. The molecule has 0 radical (unpaired) electrons. The molecule has 3 nitrogen and oxygen atoms in total. The highest BCUT2D eigenvalue weighted by atomic mass is 35.5. The van der Waals surface area contributed by atoms with E-state index in [0.717, 1.165) is 18.7 Å². The Morgan fingerprint density at radius 2 is 2.18 bits per heavy atom. The number of aromatic nitrogens is 1. The third-order valence-electron chi connectivity index (χ3n) is 2.14. The first-order chi connectivity index (χ1) is 7.90. The quantitative estimate of drug-likeness (QED) is 0.614. The van der Waals surface area contributed by atoms with Crippen molar-refractivity contribution in [3.8, 4) is 0 Å². The summed E-state index contributed by atoms with van der Waals surface area (Å²) in [6.45, 7) is 5.85. The first-order valence-electron chi connectivity index (χ1n) is 5.42. The molecule has 0 bridgehead atoms. The average Bonchev–Trinajstić information content (AvgIpc) is 2.20. The molecule has 1 aromatic heterocycles. The van der Waals surface area contributed by atoms with Crippen molar-refractivity contribution in [2.75, 3.05) is 0 Å². The highest BCUT2D eigenvalue weighted by Gasteiger charge is 2.17. The normalized spacial score (nSPS) is 12.6. The molecule has 0 spiro atoms. The zero-order chi connectivity index (χ0) is 13.0. The monoisotopic (exact) mass is 259 g/mol. The molecule has 0 amide bonds. The van der Waals surface area contributed by atoms with E-state index in [1.54, 1.807) is 6.92 Å². The molecule has 0 aliphatic rings. The topological polar surface area (TPSA) is 39.2 Å². The van der Waals surface area contributed by atoms with Gasteiger partial charge in [0, 0.05) is 0 Å². The molecular formula is C12H15ClFNO2. The van der Waals surface area contributed by atoms with Crippen molar-refractivity contribution in [2.24, 2.45) is 5.92 Å². The maximum atomic E-state index is 12.9. The predicted molar refractivity (Wildman–Crippen MR) is 63.5 cm³/mol. The van der Waals surface area contributed by atoms with E-state index in [1.165, 1.54) is 0 Å². The van der Waals surface area contributed by atoms with Crippen LogP contribution in [0.25, 0.3) is 0 Å². The molecule has 17 heavy (non-hydrogen) atoms. The third-order valence-corrected chi connectivity index (χ3v) is 2.44. The zero-order valence-electron chi connectivity index (χ0n) is 10.0. The molecule has 0 N–H and O–H groups in total. The lowest BCUT2D eigenvalue weighted by molar-refractivity contribution is 0.0299. The lowest BCUT2D eigenvalue weighted by Crippen LogP contribution is -2.17. The van der Waals surface area contributed by atoms with Gasteiger partial charge in [0.25, 0.3) is 0 Å². The summed E-state index contributed by atoms with van der Waals surface area (Å²) in [6.07, 6.45) is 1.46. The first-order valence-corrected chi connectivity index (χ1v) is 5.80. The molecule has 1 atom stereocenters. The van der Waals surface area contributed by atoms with Crippen LogP contribution in [-0.4, -0.2) is 17.1 Å². The molecule has 1 rings (SSSR count). The summed E-state index contributed by atoms with van der Waals surface area (Å²) in [7, 11) is 0. The minimum absolute atomic E-state index is 0.0396. The fraction of sp³-hybridized carbons (Fsp3) is 0.500. The molecule has 0 aliphatic heterocycles. The average molecular weight is 260 g/mol. The number of esters is 1. The van der Waals surface area contributed by atoms with Crippen molar-refractivity contribution in [1.29, 1.82) is 0 Å². The Kier molecular flexibility index (Phi) is 4.87. The number of hydrogen-bond acceptors (Lipinski definition) is 3. The Labute approximate surface area is 105 Å². The second-order valence-electron chi connectivity index (χ2n) is 4.34. The lowest BCUT2D eigenvalue weighted by atomic mass is 10.1. The summed E-state index contributed by atoms with van der Waals surface area (Å²) >= 11 is 5.70. The molecule has 0 saturated heterocycles. The fourth-order valence-electron chi connectivity index (χ4n) is 1.52. The Hall–Kier alpha value is -1.16. The van der Waals surface area contributed by atoms with Crippen LogP contribution in [0.1, 0.15) is 37.6 Å². The maximum absolute atomic E-state index is 12.9.